The fraction of sp³-hybridized carbons (Fsp3) is 0.304. The number of likely N-dealkylation sites (tertiary alicyclic amines) is 1. The first kappa shape index (κ1) is 21.7. The normalized spacial score (nSPS) is 18.9. The monoisotopic (exact) mass is 442 g/mol. The molecule has 6 nitrogen and oxygen atoms in total. The number of alkyl halides is 3. The van der Waals surface area contributed by atoms with Crippen molar-refractivity contribution in [2.45, 2.75) is 38.1 Å². The molecule has 32 heavy (non-hydrogen) atoms. The van der Waals surface area contributed by atoms with E-state index in [0.29, 0.717) is 36.3 Å². The minimum atomic E-state index is -4.46. The predicted molar refractivity (Wildman–Crippen MR) is 111 cm³/mol. The molecule has 9 heteroatoms. The quantitative estimate of drug-likeness (QED) is 0.589. The molecule has 3 heterocycles. The van der Waals surface area contributed by atoms with E-state index in [1.807, 2.05) is 13.0 Å². The van der Waals surface area contributed by atoms with Gasteiger partial charge in [0.15, 0.2) is 5.82 Å². The minimum Gasteiger partial charge on any atom is -0.472 e. The van der Waals surface area contributed by atoms with Crippen molar-refractivity contribution in [2.75, 3.05) is 6.54 Å². The first-order valence-electron chi connectivity index (χ1n) is 10.2. The molecule has 2 atom stereocenters. The molecule has 3 aromatic rings. The van der Waals surface area contributed by atoms with Crippen LogP contribution in [0.15, 0.2) is 61.1 Å². The fourth-order valence-electron chi connectivity index (χ4n) is 3.78. The van der Waals surface area contributed by atoms with Gasteiger partial charge in [0, 0.05) is 36.8 Å². The van der Waals surface area contributed by atoms with Crippen molar-refractivity contribution in [1.82, 2.24) is 19.9 Å². The number of carbonyl (C=O) groups excluding carboxylic acids is 1. The van der Waals surface area contributed by atoms with Crippen LogP contribution in [0.3, 0.4) is 0 Å². The van der Waals surface area contributed by atoms with E-state index in [1.54, 1.807) is 41.6 Å². The third-order valence-electron chi connectivity index (χ3n) is 5.48. The molecule has 0 radical (unpaired) electrons. The molecule has 0 aliphatic carbocycles. The van der Waals surface area contributed by atoms with Crippen molar-refractivity contribution in [3.05, 3.63) is 72.2 Å². The summed E-state index contributed by atoms with van der Waals surface area (Å²) in [5.74, 6) is 0.388. The Morgan fingerprint density at radius 3 is 2.50 bits per heavy atom. The fourth-order valence-corrected chi connectivity index (χ4v) is 3.78. The van der Waals surface area contributed by atoms with Crippen molar-refractivity contribution in [3.63, 3.8) is 0 Å². The number of hydrogen-bond acceptors (Lipinski definition) is 5. The Labute approximate surface area is 183 Å². The van der Waals surface area contributed by atoms with Gasteiger partial charge in [-0.25, -0.2) is 15.0 Å². The number of carbonyl (C=O) groups is 1. The summed E-state index contributed by atoms with van der Waals surface area (Å²) in [5.41, 5.74) is 0.287. The van der Waals surface area contributed by atoms with Crippen LogP contribution in [0.4, 0.5) is 13.2 Å². The number of aromatic nitrogens is 3. The van der Waals surface area contributed by atoms with Crippen LogP contribution in [-0.2, 0) is 6.18 Å². The molecular formula is C23H21F3N4O2. The predicted octanol–water partition coefficient (Wildman–Crippen LogP) is 4.63. The summed E-state index contributed by atoms with van der Waals surface area (Å²) in [6.07, 6.45) is 0.506. The number of amides is 1. The molecule has 0 bridgehead atoms. The van der Waals surface area contributed by atoms with Gasteiger partial charge in [-0.2, -0.15) is 13.2 Å². The number of pyridine rings is 1. The molecule has 1 fully saturated rings. The van der Waals surface area contributed by atoms with Gasteiger partial charge in [-0.3, -0.25) is 4.79 Å². The average molecular weight is 442 g/mol. The lowest BCUT2D eigenvalue weighted by atomic mass is 9.97. The van der Waals surface area contributed by atoms with E-state index in [1.165, 1.54) is 6.07 Å². The zero-order chi connectivity index (χ0) is 22.7. The molecule has 166 valence electrons. The molecule has 0 spiro atoms. The smallest absolute Gasteiger partial charge is 0.417 e. The first-order valence-corrected chi connectivity index (χ1v) is 10.2. The van der Waals surface area contributed by atoms with Crippen molar-refractivity contribution in [1.29, 1.82) is 0 Å². The number of benzene rings is 1. The molecule has 4 rings (SSSR count). The third kappa shape index (κ3) is 4.56. The molecule has 2 unspecified atom stereocenters. The van der Waals surface area contributed by atoms with Crippen LogP contribution in [0, 0.1) is 0 Å². The van der Waals surface area contributed by atoms with E-state index in [-0.39, 0.29) is 17.8 Å². The highest BCUT2D eigenvalue weighted by Gasteiger charge is 2.35. The number of halogens is 3. The number of nitrogens with zero attached hydrogens (tertiary/aromatic N) is 4. The highest BCUT2D eigenvalue weighted by atomic mass is 19.4. The Kier molecular flexibility index (Phi) is 6.07. The third-order valence-corrected chi connectivity index (χ3v) is 5.48. The van der Waals surface area contributed by atoms with Gasteiger partial charge in [-0.1, -0.05) is 18.2 Å². The van der Waals surface area contributed by atoms with Gasteiger partial charge in [0.1, 0.15) is 6.10 Å². The summed E-state index contributed by atoms with van der Waals surface area (Å²) < 4.78 is 44.2. The molecule has 1 aliphatic rings. The molecule has 1 aliphatic heterocycles. The molecule has 0 N–H and O–H groups in total. The Morgan fingerprint density at radius 2 is 1.81 bits per heavy atom. The van der Waals surface area contributed by atoms with Crippen molar-refractivity contribution in [3.8, 4) is 17.3 Å². The second-order valence-electron chi connectivity index (χ2n) is 7.54. The van der Waals surface area contributed by atoms with E-state index >= 15 is 0 Å². The lowest BCUT2D eigenvalue weighted by Gasteiger charge is -2.39. The standard InChI is InChI=1S/C23H21F3N4O2/c1-15-19(32-20-10-9-16(14-29-20)23(24,25)26)8-4-13-30(15)22(31)18-7-3-2-6-17(18)21-27-11-5-12-28-21/h2-3,5-7,9-12,14-15,19H,4,8,13H2,1H3. The highest BCUT2D eigenvalue weighted by Crippen LogP contribution is 2.31. The van der Waals surface area contributed by atoms with Gasteiger partial charge in [0.2, 0.25) is 5.88 Å². The van der Waals surface area contributed by atoms with Crippen LogP contribution in [0.5, 0.6) is 5.88 Å². The van der Waals surface area contributed by atoms with Gasteiger partial charge in [0.25, 0.3) is 5.91 Å². The van der Waals surface area contributed by atoms with Gasteiger partial charge in [0.05, 0.1) is 17.2 Å². The zero-order valence-electron chi connectivity index (χ0n) is 17.3. The molecule has 2 aromatic heterocycles. The van der Waals surface area contributed by atoms with E-state index in [2.05, 4.69) is 15.0 Å². The molecule has 1 aromatic carbocycles. The van der Waals surface area contributed by atoms with Gasteiger partial charge in [-0.15, -0.1) is 0 Å². The average Bonchev–Trinajstić information content (AvgIpc) is 2.80. The second kappa shape index (κ2) is 8.94. The van der Waals surface area contributed by atoms with Gasteiger partial charge < -0.3 is 9.64 Å². The summed E-state index contributed by atoms with van der Waals surface area (Å²) in [7, 11) is 0. The summed E-state index contributed by atoms with van der Waals surface area (Å²) in [4.78, 5) is 27.5. The Balaban J connectivity index is 1.53. The molecule has 1 saturated heterocycles. The topological polar surface area (TPSA) is 68.2 Å². The summed E-state index contributed by atoms with van der Waals surface area (Å²) in [6, 6.07) is 10.7. The van der Waals surface area contributed by atoms with Crippen LogP contribution >= 0.6 is 0 Å². The summed E-state index contributed by atoms with van der Waals surface area (Å²) in [5, 5.41) is 0. The van der Waals surface area contributed by atoms with Crippen LogP contribution in [0.2, 0.25) is 0 Å². The molecular weight excluding hydrogens is 421 g/mol. The Hall–Kier alpha value is -3.49. The molecule has 0 saturated carbocycles. The van der Waals surface area contributed by atoms with Crippen molar-refractivity contribution >= 4 is 5.91 Å². The maximum atomic E-state index is 13.4. The SMILES string of the molecule is CC1C(Oc2ccc(C(F)(F)F)cn2)CCCN1C(=O)c1ccccc1-c1ncccn1. The number of rotatable bonds is 4. The molecule has 1 amide bonds. The minimum absolute atomic E-state index is 0.0993. The van der Waals surface area contributed by atoms with Crippen molar-refractivity contribution in [2.24, 2.45) is 0 Å². The van der Waals surface area contributed by atoms with Crippen LogP contribution in [-0.4, -0.2) is 44.4 Å². The maximum absolute atomic E-state index is 13.4. The van der Waals surface area contributed by atoms with Gasteiger partial charge >= 0.3 is 6.18 Å². The van der Waals surface area contributed by atoms with Crippen LogP contribution in [0.25, 0.3) is 11.4 Å². The zero-order valence-corrected chi connectivity index (χ0v) is 17.3. The lowest BCUT2D eigenvalue weighted by Crippen LogP contribution is -2.51. The number of piperidine rings is 1. The van der Waals surface area contributed by atoms with E-state index in [0.717, 1.165) is 12.3 Å². The lowest BCUT2D eigenvalue weighted by molar-refractivity contribution is -0.137. The highest BCUT2D eigenvalue weighted by molar-refractivity contribution is 6.00. The largest absolute Gasteiger partial charge is 0.472 e. The number of hydrogen-bond donors (Lipinski definition) is 0. The van der Waals surface area contributed by atoms with Crippen LogP contribution in [0.1, 0.15) is 35.7 Å². The first-order chi connectivity index (χ1) is 15.3. The van der Waals surface area contributed by atoms with Crippen LogP contribution < -0.4 is 4.74 Å². The number of ether oxygens (including phenoxy) is 1. The van der Waals surface area contributed by atoms with Gasteiger partial charge in [-0.05, 0) is 38.0 Å². The second-order valence-corrected chi connectivity index (χ2v) is 7.54. The van der Waals surface area contributed by atoms with E-state index in [9.17, 15) is 18.0 Å². The van der Waals surface area contributed by atoms with Crippen molar-refractivity contribution < 1.29 is 22.7 Å². The maximum Gasteiger partial charge on any atom is 0.417 e. The summed E-state index contributed by atoms with van der Waals surface area (Å²) in [6.45, 7) is 2.41. The Bertz CT molecular complexity index is 1070. The van der Waals surface area contributed by atoms with E-state index in [4.69, 9.17) is 4.74 Å². The van der Waals surface area contributed by atoms with E-state index < -0.39 is 17.8 Å². The Morgan fingerprint density at radius 1 is 1.06 bits per heavy atom. The summed E-state index contributed by atoms with van der Waals surface area (Å²) >= 11 is 0.